The van der Waals surface area contributed by atoms with E-state index >= 15 is 0 Å². The van der Waals surface area contributed by atoms with Crippen molar-refractivity contribution in [2.75, 3.05) is 13.1 Å². The number of fused-ring (bicyclic) bond motifs is 1. The lowest BCUT2D eigenvalue weighted by Gasteiger charge is -2.34. The van der Waals surface area contributed by atoms with Crippen molar-refractivity contribution in [3.05, 3.63) is 23.3 Å². The van der Waals surface area contributed by atoms with Gasteiger partial charge in [-0.25, -0.2) is 4.79 Å². The smallest absolute Gasteiger partial charge is 0.328 e. The largest absolute Gasteiger partial charge is 0.504 e. The molecule has 0 saturated heterocycles. The highest BCUT2D eigenvalue weighted by Crippen LogP contribution is 2.37. The van der Waals surface area contributed by atoms with Gasteiger partial charge in [0.05, 0.1) is 0 Å². The van der Waals surface area contributed by atoms with Gasteiger partial charge in [-0.2, -0.15) is 0 Å². The number of nitrogens with two attached hydrogens (primary N) is 2. The number of phenolic OH excluding ortho intramolecular Hbond substituents is 1. The molecular formula is C22H37N3O3. The molecule has 0 fully saturated rings. The summed E-state index contributed by atoms with van der Waals surface area (Å²) in [5.74, 6) is -0.278. The Labute approximate surface area is 169 Å². The summed E-state index contributed by atoms with van der Waals surface area (Å²) in [6, 6.07) is 2.76. The Morgan fingerprint density at radius 2 is 2.00 bits per heavy atom. The Balaban J connectivity index is 2.13. The van der Waals surface area contributed by atoms with E-state index in [1.807, 2.05) is 0 Å². The lowest BCUT2D eigenvalue weighted by molar-refractivity contribution is -0.137. The Morgan fingerprint density at radius 3 is 2.68 bits per heavy atom. The highest BCUT2D eigenvalue weighted by molar-refractivity contribution is 5.79. The number of unbranched alkanes of at least 4 members (excludes halogenated alkanes) is 2. The van der Waals surface area contributed by atoms with Crippen molar-refractivity contribution in [3.8, 4) is 11.5 Å². The number of carbonyl (C=O) groups excluding carboxylic acids is 1. The predicted molar refractivity (Wildman–Crippen MR) is 112 cm³/mol. The first-order chi connectivity index (χ1) is 13.3. The van der Waals surface area contributed by atoms with E-state index in [0.29, 0.717) is 6.54 Å². The average molecular weight is 392 g/mol. The molecule has 158 valence electrons. The monoisotopic (exact) mass is 391 g/mol. The van der Waals surface area contributed by atoms with Crippen molar-refractivity contribution in [3.63, 3.8) is 0 Å². The maximum absolute atomic E-state index is 12.7. The molecule has 6 nitrogen and oxygen atoms in total. The summed E-state index contributed by atoms with van der Waals surface area (Å²) >= 11 is 0. The molecule has 0 aliphatic carbocycles. The summed E-state index contributed by atoms with van der Waals surface area (Å²) in [5.41, 5.74) is 13.8. The van der Waals surface area contributed by atoms with Crippen LogP contribution in [0.15, 0.2) is 12.1 Å². The van der Waals surface area contributed by atoms with Crippen LogP contribution in [-0.4, -0.2) is 30.2 Å². The van der Waals surface area contributed by atoms with Gasteiger partial charge in [0, 0.05) is 5.54 Å². The number of rotatable bonds is 10. The third kappa shape index (κ3) is 5.69. The van der Waals surface area contributed by atoms with Gasteiger partial charge < -0.3 is 26.6 Å². The van der Waals surface area contributed by atoms with E-state index in [1.54, 1.807) is 12.1 Å². The van der Waals surface area contributed by atoms with Gasteiger partial charge in [0.15, 0.2) is 11.5 Å². The minimum atomic E-state index is -0.718. The number of hydrogen-bond donors (Lipinski definition) is 4. The minimum absolute atomic E-state index is 0.0125. The maximum atomic E-state index is 12.7. The highest BCUT2D eigenvalue weighted by atomic mass is 16.5. The molecular weight excluding hydrogens is 354 g/mol. The van der Waals surface area contributed by atoms with Crippen LogP contribution in [0.3, 0.4) is 0 Å². The molecule has 0 bridgehead atoms. The second-order valence-electron chi connectivity index (χ2n) is 8.41. The number of hydrogen-bond acceptors (Lipinski definition) is 6. The fraction of sp³-hybridized carbons (Fsp3) is 0.682. The molecule has 1 aliphatic heterocycles. The van der Waals surface area contributed by atoms with Crippen molar-refractivity contribution >= 4 is 5.97 Å². The van der Waals surface area contributed by atoms with E-state index in [0.717, 1.165) is 62.6 Å². The first-order valence-electron chi connectivity index (χ1n) is 10.6. The van der Waals surface area contributed by atoms with Crippen molar-refractivity contribution in [1.82, 2.24) is 5.32 Å². The topological polar surface area (TPSA) is 111 Å². The first kappa shape index (κ1) is 22.7. The number of ether oxygens (including phenoxy) is 1. The maximum Gasteiger partial charge on any atom is 0.328 e. The van der Waals surface area contributed by atoms with Crippen LogP contribution < -0.4 is 21.5 Å². The molecule has 1 aliphatic rings. The molecule has 2 rings (SSSR count). The molecule has 0 spiro atoms. The number of carbonyl (C=O) groups is 1. The summed E-state index contributed by atoms with van der Waals surface area (Å²) in [5, 5.41) is 13.8. The molecule has 1 heterocycles. The molecule has 28 heavy (non-hydrogen) atoms. The van der Waals surface area contributed by atoms with Crippen molar-refractivity contribution < 1.29 is 14.6 Å². The van der Waals surface area contributed by atoms with Crippen molar-refractivity contribution in [2.45, 2.75) is 77.3 Å². The summed E-state index contributed by atoms with van der Waals surface area (Å²) in [7, 11) is 0. The van der Waals surface area contributed by atoms with Gasteiger partial charge in [-0.1, -0.05) is 26.2 Å². The van der Waals surface area contributed by atoms with Crippen molar-refractivity contribution in [1.29, 1.82) is 0 Å². The van der Waals surface area contributed by atoms with Crippen LogP contribution in [0.25, 0.3) is 0 Å². The predicted octanol–water partition coefficient (Wildman–Crippen LogP) is 2.94. The van der Waals surface area contributed by atoms with Crippen LogP contribution in [0.4, 0.5) is 0 Å². The SMILES string of the molecule is CCCCCC(CCCN)C(N)C(=O)Oc1cc2c(cc1O)CCNC2(C)C. The molecule has 0 radical (unpaired) electrons. The van der Waals surface area contributed by atoms with Crippen LogP contribution in [0.1, 0.15) is 70.4 Å². The molecule has 0 amide bonds. The second kappa shape index (κ2) is 10.2. The number of esters is 1. The summed E-state index contributed by atoms with van der Waals surface area (Å²) < 4.78 is 5.56. The van der Waals surface area contributed by atoms with Crippen LogP contribution in [0.2, 0.25) is 0 Å². The zero-order valence-electron chi connectivity index (χ0n) is 17.6. The standard InChI is InChI=1S/C22H37N3O3/c1-4-5-6-8-15(9-7-11-23)20(24)21(27)28-19-14-17-16(13-18(19)26)10-12-25-22(17,2)3/h13-15,20,25-26H,4-12,23-24H2,1-3H3. The molecule has 2 unspecified atom stereocenters. The van der Waals surface area contributed by atoms with Gasteiger partial charge in [-0.15, -0.1) is 0 Å². The van der Waals surface area contributed by atoms with E-state index in [2.05, 4.69) is 26.1 Å². The fourth-order valence-corrected chi connectivity index (χ4v) is 4.00. The van der Waals surface area contributed by atoms with Gasteiger partial charge >= 0.3 is 5.97 Å². The molecule has 0 saturated carbocycles. The quantitative estimate of drug-likeness (QED) is 0.277. The number of aromatic hydroxyl groups is 1. The van der Waals surface area contributed by atoms with Gasteiger partial charge in [0.2, 0.25) is 0 Å². The molecule has 2 atom stereocenters. The van der Waals surface area contributed by atoms with Crippen LogP contribution >= 0.6 is 0 Å². The molecule has 1 aromatic carbocycles. The Kier molecular flexibility index (Phi) is 8.28. The summed E-state index contributed by atoms with van der Waals surface area (Å²) in [4.78, 5) is 12.7. The van der Waals surface area contributed by atoms with Crippen molar-refractivity contribution in [2.24, 2.45) is 17.4 Å². The van der Waals surface area contributed by atoms with E-state index < -0.39 is 12.0 Å². The lowest BCUT2D eigenvalue weighted by Crippen LogP contribution is -2.43. The minimum Gasteiger partial charge on any atom is -0.504 e. The average Bonchev–Trinajstić information content (AvgIpc) is 2.65. The zero-order valence-corrected chi connectivity index (χ0v) is 17.6. The van der Waals surface area contributed by atoms with E-state index in [9.17, 15) is 9.90 Å². The van der Waals surface area contributed by atoms with E-state index in [4.69, 9.17) is 16.2 Å². The molecule has 6 N–H and O–H groups in total. The number of phenols is 1. The first-order valence-corrected chi connectivity index (χ1v) is 10.6. The molecule has 1 aromatic rings. The summed E-state index contributed by atoms with van der Waals surface area (Å²) in [6.45, 7) is 7.74. The Hall–Kier alpha value is -1.63. The summed E-state index contributed by atoms with van der Waals surface area (Å²) in [6.07, 6.45) is 6.64. The number of benzene rings is 1. The van der Waals surface area contributed by atoms with Crippen LogP contribution in [0, 0.1) is 5.92 Å². The van der Waals surface area contributed by atoms with E-state index in [1.165, 1.54) is 0 Å². The highest BCUT2D eigenvalue weighted by Gasteiger charge is 2.30. The zero-order chi connectivity index (χ0) is 20.7. The fourth-order valence-electron chi connectivity index (χ4n) is 4.00. The third-order valence-corrected chi connectivity index (χ3v) is 5.77. The Bertz CT molecular complexity index is 661. The third-order valence-electron chi connectivity index (χ3n) is 5.77. The normalized spacial score (nSPS) is 17.6. The second-order valence-corrected chi connectivity index (χ2v) is 8.41. The van der Waals surface area contributed by atoms with Gasteiger partial charge in [0.25, 0.3) is 0 Å². The Morgan fingerprint density at radius 1 is 1.29 bits per heavy atom. The van der Waals surface area contributed by atoms with Gasteiger partial charge in [-0.3, -0.25) is 0 Å². The molecule has 6 heteroatoms. The van der Waals surface area contributed by atoms with Gasteiger partial charge in [-0.05, 0) is 81.8 Å². The number of nitrogens with one attached hydrogen (secondary N) is 1. The van der Waals surface area contributed by atoms with E-state index in [-0.39, 0.29) is 23.0 Å². The lowest BCUT2D eigenvalue weighted by atomic mass is 9.85. The van der Waals surface area contributed by atoms with Crippen LogP contribution in [0.5, 0.6) is 11.5 Å². The molecule has 0 aromatic heterocycles. The van der Waals surface area contributed by atoms with Gasteiger partial charge in [0.1, 0.15) is 6.04 Å². The van der Waals surface area contributed by atoms with Crippen LogP contribution in [-0.2, 0) is 16.8 Å².